The monoisotopic (exact) mass is 314 g/mol. The summed E-state index contributed by atoms with van der Waals surface area (Å²) in [6.07, 6.45) is 0. The van der Waals surface area contributed by atoms with E-state index in [4.69, 9.17) is 0 Å². The van der Waals surface area contributed by atoms with Crippen molar-refractivity contribution in [2.45, 2.75) is 13.1 Å². The first kappa shape index (κ1) is 12.7. The molecule has 0 aliphatic carbocycles. The Bertz CT molecular complexity index is 487. The third kappa shape index (κ3) is 3.59. The lowest BCUT2D eigenvalue weighted by Crippen LogP contribution is -2.18. The second kappa shape index (κ2) is 5.71. The third-order valence-corrected chi connectivity index (χ3v) is 3.50. The molecule has 2 aromatic rings. The van der Waals surface area contributed by atoms with Gasteiger partial charge in [0.1, 0.15) is 5.82 Å². The van der Waals surface area contributed by atoms with Gasteiger partial charge in [-0.15, -0.1) is 11.3 Å². The average Bonchev–Trinajstić information content (AvgIpc) is 2.75. The van der Waals surface area contributed by atoms with Gasteiger partial charge in [0.2, 0.25) is 0 Å². The Morgan fingerprint density at radius 1 is 1.41 bits per heavy atom. The van der Waals surface area contributed by atoms with Crippen LogP contribution in [0, 0.1) is 5.82 Å². The van der Waals surface area contributed by atoms with E-state index >= 15 is 0 Å². The lowest BCUT2D eigenvalue weighted by atomic mass is 10.2. The number of halogens is 2. The molecular formula is C12H12BrFN2S. The smallest absolute Gasteiger partial charge is 0.128 e. The molecule has 0 spiro atoms. The van der Waals surface area contributed by atoms with E-state index in [-0.39, 0.29) is 5.82 Å². The molecule has 90 valence electrons. The molecule has 0 fully saturated rings. The minimum atomic E-state index is -0.176. The van der Waals surface area contributed by atoms with Crippen LogP contribution in [0.3, 0.4) is 0 Å². The van der Waals surface area contributed by atoms with Gasteiger partial charge in [0, 0.05) is 28.5 Å². The normalized spacial score (nSPS) is 11.1. The minimum Gasteiger partial charge on any atom is -0.296 e. The van der Waals surface area contributed by atoms with Crippen LogP contribution in [-0.2, 0) is 13.1 Å². The van der Waals surface area contributed by atoms with Gasteiger partial charge in [-0.3, -0.25) is 4.90 Å². The van der Waals surface area contributed by atoms with Crippen molar-refractivity contribution >= 4 is 27.3 Å². The molecule has 2 nitrogen and oxygen atoms in total. The third-order valence-electron chi connectivity index (χ3n) is 2.37. The van der Waals surface area contributed by atoms with E-state index in [1.807, 2.05) is 28.9 Å². The summed E-state index contributed by atoms with van der Waals surface area (Å²) in [4.78, 5) is 6.25. The van der Waals surface area contributed by atoms with Crippen LogP contribution in [0.5, 0.6) is 0 Å². The van der Waals surface area contributed by atoms with Crippen molar-refractivity contribution in [2.24, 2.45) is 0 Å². The van der Waals surface area contributed by atoms with E-state index in [1.54, 1.807) is 17.4 Å². The van der Waals surface area contributed by atoms with Crippen molar-refractivity contribution < 1.29 is 4.39 Å². The van der Waals surface area contributed by atoms with E-state index in [0.717, 1.165) is 16.7 Å². The molecular weight excluding hydrogens is 303 g/mol. The molecule has 0 unspecified atom stereocenters. The molecule has 1 aromatic carbocycles. The van der Waals surface area contributed by atoms with E-state index in [0.29, 0.717) is 12.1 Å². The van der Waals surface area contributed by atoms with E-state index in [2.05, 4.69) is 20.9 Å². The summed E-state index contributed by atoms with van der Waals surface area (Å²) in [6, 6.07) is 5.15. The standard InChI is InChI=1S/C12H12BrFN2S/c1-16(6-11-7-17-8-15-11)5-9-2-3-10(13)4-12(9)14/h2-4,7-8H,5-6H2,1H3. The highest BCUT2D eigenvalue weighted by Crippen LogP contribution is 2.17. The first-order valence-electron chi connectivity index (χ1n) is 5.14. The zero-order chi connectivity index (χ0) is 12.3. The summed E-state index contributed by atoms with van der Waals surface area (Å²) in [5.74, 6) is -0.176. The highest BCUT2D eigenvalue weighted by molar-refractivity contribution is 9.10. The van der Waals surface area contributed by atoms with Gasteiger partial charge in [0.05, 0.1) is 11.2 Å². The number of rotatable bonds is 4. The maximum absolute atomic E-state index is 13.6. The summed E-state index contributed by atoms with van der Waals surface area (Å²) in [6.45, 7) is 1.32. The molecule has 1 aromatic heterocycles. The fourth-order valence-electron chi connectivity index (χ4n) is 1.59. The van der Waals surface area contributed by atoms with Crippen LogP contribution < -0.4 is 0 Å². The van der Waals surface area contributed by atoms with Gasteiger partial charge in [-0.05, 0) is 19.2 Å². The van der Waals surface area contributed by atoms with Gasteiger partial charge >= 0.3 is 0 Å². The second-order valence-electron chi connectivity index (χ2n) is 3.89. The lowest BCUT2D eigenvalue weighted by Gasteiger charge is -2.15. The number of thiazole rings is 1. The first-order valence-corrected chi connectivity index (χ1v) is 6.88. The highest BCUT2D eigenvalue weighted by Gasteiger charge is 2.07. The Hall–Kier alpha value is -0.780. The number of benzene rings is 1. The van der Waals surface area contributed by atoms with Crippen LogP contribution in [-0.4, -0.2) is 16.9 Å². The van der Waals surface area contributed by atoms with Crippen molar-refractivity contribution in [3.8, 4) is 0 Å². The molecule has 0 saturated carbocycles. The van der Waals surface area contributed by atoms with Crippen LogP contribution in [0.1, 0.15) is 11.3 Å². The summed E-state index contributed by atoms with van der Waals surface area (Å²) in [7, 11) is 1.96. The maximum Gasteiger partial charge on any atom is 0.128 e. The van der Waals surface area contributed by atoms with Crippen LogP contribution in [0.25, 0.3) is 0 Å². The lowest BCUT2D eigenvalue weighted by molar-refractivity contribution is 0.310. The van der Waals surface area contributed by atoms with Crippen LogP contribution in [0.2, 0.25) is 0 Å². The second-order valence-corrected chi connectivity index (χ2v) is 5.52. The van der Waals surface area contributed by atoms with Crippen molar-refractivity contribution in [3.63, 3.8) is 0 Å². The molecule has 0 aliphatic heterocycles. The molecule has 0 N–H and O–H groups in total. The number of hydrogen-bond acceptors (Lipinski definition) is 3. The molecule has 2 rings (SSSR count). The molecule has 17 heavy (non-hydrogen) atoms. The summed E-state index contributed by atoms with van der Waals surface area (Å²) >= 11 is 4.82. The highest BCUT2D eigenvalue weighted by atomic mass is 79.9. The van der Waals surface area contributed by atoms with Gasteiger partial charge in [-0.2, -0.15) is 0 Å². The zero-order valence-electron chi connectivity index (χ0n) is 9.36. The fraction of sp³-hybridized carbons (Fsp3) is 0.250. The Kier molecular flexibility index (Phi) is 4.25. The van der Waals surface area contributed by atoms with Crippen molar-refractivity contribution in [3.05, 3.63) is 50.6 Å². The minimum absolute atomic E-state index is 0.176. The quantitative estimate of drug-likeness (QED) is 0.856. The number of hydrogen-bond donors (Lipinski definition) is 0. The van der Waals surface area contributed by atoms with Gasteiger partial charge in [0.25, 0.3) is 0 Å². The van der Waals surface area contributed by atoms with Crippen molar-refractivity contribution in [1.82, 2.24) is 9.88 Å². The molecule has 0 amide bonds. The summed E-state index contributed by atoms with van der Waals surface area (Å²) in [5.41, 5.74) is 3.53. The van der Waals surface area contributed by atoms with Gasteiger partial charge in [0.15, 0.2) is 0 Å². The predicted molar refractivity (Wildman–Crippen MR) is 71.4 cm³/mol. The molecule has 0 saturated heterocycles. The van der Waals surface area contributed by atoms with Crippen molar-refractivity contribution in [2.75, 3.05) is 7.05 Å². The van der Waals surface area contributed by atoms with Crippen LogP contribution in [0.15, 0.2) is 33.6 Å². The predicted octanol–water partition coefficient (Wildman–Crippen LogP) is 3.68. The summed E-state index contributed by atoms with van der Waals surface area (Å²) in [5, 5.41) is 2.01. The van der Waals surface area contributed by atoms with Crippen LogP contribution >= 0.6 is 27.3 Å². The average molecular weight is 315 g/mol. The SMILES string of the molecule is CN(Cc1cscn1)Cc1ccc(Br)cc1F. The first-order chi connectivity index (χ1) is 8.15. The van der Waals surface area contributed by atoms with Gasteiger partial charge in [-0.1, -0.05) is 22.0 Å². The molecule has 1 heterocycles. The van der Waals surface area contributed by atoms with Crippen molar-refractivity contribution in [1.29, 1.82) is 0 Å². The van der Waals surface area contributed by atoms with Gasteiger partial charge in [-0.25, -0.2) is 9.37 Å². The molecule has 0 radical (unpaired) electrons. The maximum atomic E-state index is 13.6. The number of nitrogens with zero attached hydrogens (tertiary/aromatic N) is 2. The molecule has 5 heteroatoms. The molecule has 0 aliphatic rings. The number of aromatic nitrogens is 1. The van der Waals surface area contributed by atoms with E-state index < -0.39 is 0 Å². The largest absolute Gasteiger partial charge is 0.296 e. The van der Waals surface area contributed by atoms with E-state index in [1.165, 1.54) is 6.07 Å². The Morgan fingerprint density at radius 3 is 2.88 bits per heavy atom. The van der Waals surface area contributed by atoms with Crippen LogP contribution in [0.4, 0.5) is 4.39 Å². The Balaban J connectivity index is 2.00. The van der Waals surface area contributed by atoms with E-state index in [9.17, 15) is 4.39 Å². The topological polar surface area (TPSA) is 16.1 Å². The molecule has 0 atom stereocenters. The summed E-state index contributed by atoms with van der Waals surface area (Å²) < 4.78 is 14.4. The fourth-order valence-corrected chi connectivity index (χ4v) is 2.47. The Labute approximate surface area is 112 Å². The zero-order valence-corrected chi connectivity index (χ0v) is 11.8. The Morgan fingerprint density at radius 2 is 2.24 bits per heavy atom. The molecule has 0 bridgehead atoms. The van der Waals surface area contributed by atoms with Gasteiger partial charge < -0.3 is 0 Å².